The number of nitrogens with one attached hydrogen (secondary N) is 1. The van der Waals surface area contributed by atoms with Crippen LogP contribution in [0, 0.1) is 4.91 Å². The lowest BCUT2D eigenvalue weighted by Crippen LogP contribution is -2.45. The average molecular weight is 324 g/mol. The van der Waals surface area contributed by atoms with E-state index in [-0.39, 0.29) is 12.2 Å². The highest BCUT2D eigenvalue weighted by atomic mass is 35.5. The maximum absolute atomic E-state index is 12.2. The first-order valence-electron chi connectivity index (χ1n) is 6.56. The number of halogens is 1. The summed E-state index contributed by atoms with van der Waals surface area (Å²) in [5, 5.41) is 6.32. The lowest BCUT2D eigenvalue weighted by molar-refractivity contribution is -0.139. The predicted molar refractivity (Wildman–Crippen MR) is 79.7 cm³/mol. The molecule has 1 unspecified atom stereocenters. The Morgan fingerprint density at radius 2 is 2.05 bits per heavy atom. The van der Waals surface area contributed by atoms with E-state index in [1.54, 1.807) is 38.1 Å². The average Bonchev–Trinajstić information content (AvgIpc) is 2.47. The first-order chi connectivity index (χ1) is 10.5. The maximum Gasteiger partial charge on any atom is 0.345 e. The summed E-state index contributed by atoms with van der Waals surface area (Å²) in [6.45, 7) is 3.41. The number of hydrogen-bond acceptors (Lipinski definition) is 5. The van der Waals surface area contributed by atoms with Crippen LogP contribution in [0.3, 0.4) is 0 Å². The number of ether oxygens (including phenoxy) is 1. The molecule has 8 heteroatoms. The Morgan fingerprint density at radius 1 is 1.41 bits per heavy atom. The number of rotatable bonds is 4. The van der Waals surface area contributed by atoms with E-state index in [1.807, 2.05) is 0 Å². The van der Waals surface area contributed by atoms with Gasteiger partial charge in [0, 0.05) is 10.7 Å². The normalized spacial score (nSPS) is 18.0. The van der Waals surface area contributed by atoms with Crippen LogP contribution in [0.2, 0.25) is 5.02 Å². The van der Waals surface area contributed by atoms with Crippen LogP contribution in [0.25, 0.3) is 0 Å². The van der Waals surface area contributed by atoms with E-state index >= 15 is 0 Å². The quantitative estimate of drug-likeness (QED) is 0.681. The molecule has 116 valence electrons. The van der Waals surface area contributed by atoms with Crippen LogP contribution < -0.4 is 5.32 Å². The van der Waals surface area contributed by atoms with E-state index in [1.165, 1.54) is 0 Å². The minimum Gasteiger partial charge on any atom is -0.463 e. The van der Waals surface area contributed by atoms with Crippen LogP contribution in [0.1, 0.15) is 25.5 Å². The minimum absolute atomic E-state index is 0.156. The first-order valence-corrected chi connectivity index (χ1v) is 6.94. The molecule has 1 aliphatic rings. The predicted octanol–water partition coefficient (Wildman–Crippen LogP) is 2.92. The standard InChI is InChI=1S/C14H14ClN3O4/c1-3-22-13(19)11-8(2)16-14(20)18(17-21)12(11)9-4-6-10(15)7-5-9/h4-7,12H,3H2,1-2H3,(H,16,20). The van der Waals surface area contributed by atoms with Crippen molar-refractivity contribution in [2.45, 2.75) is 19.9 Å². The monoisotopic (exact) mass is 323 g/mol. The van der Waals surface area contributed by atoms with Gasteiger partial charge in [0.25, 0.3) is 0 Å². The number of carbonyl (C=O) groups is 2. The second kappa shape index (κ2) is 6.57. The van der Waals surface area contributed by atoms with Gasteiger partial charge < -0.3 is 10.1 Å². The number of carbonyl (C=O) groups excluding carboxylic acids is 2. The fraction of sp³-hybridized carbons (Fsp3) is 0.286. The van der Waals surface area contributed by atoms with Crippen LogP contribution >= 0.6 is 11.6 Å². The van der Waals surface area contributed by atoms with Crippen molar-refractivity contribution in [2.24, 2.45) is 5.29 Å². The van der Waals surface area contributed by atoms with Gasteiger partial charge >= 0.3 is 12.0 Å². The van der Waals surface area contributed by atoms with Gasteiger partial charge in [0.2, 0.25) is 0 Å². The van der Waals surface area contributed by atoms with E-state index in [4.69, 9.17) is 16.3 Å². The van der Waals surface area contributed by atoms with Crippen molar-refractivity contribution in [3.05, 3.63) is 51.0 Å². The molecular weight excluding hydrogens is 310 g/mol. The lowest BCUT2D eigenvalue weighted by atomic mass is 9.95. The number of amides is 2. The van der Waals surface area contributed by atoms with E-state index in [0.717, 1.165) is 0 Å². The van der Waals surface area contributed by atoms with Gasteiger partial charge in [-0.25, -0.2) is 9.59 Å². The number of benzene rings is 1. The summed E-state index contributed by atoms with van der Waals surface area (Å²) in [5.74, 6) is -0.617. The molecule has 0 bridgehead atoms. The Morgan fingerprint density at radius 3 is 2.59 bits per heavy atom. The molecule has 0 fully saturated rings. The van der Waals surface area contributed by atoms with E-state index < -0.39 is 18.0 Å². The Labute approximate surface area is 131 Å². The summed E-state index contributed by atoms with van der Waals surface area (Å²) in [7, 11) is 0. The molecule has 0 saturated heterocycles. The lowest BCUT2D eigenvalue weighted by Gasteiger charge is -2.32. The van der Waals surface area contributed by atoms with E-state index in [0.29, 0.717) is 21.3 Å². The van der Waals surface area contributed by atoms with Crippen molar-refractivity contribution in [2.75, 3.05) is 6.61 Å². The van der Waals surface area contributed by atoms with Gasteiger partial charge in [-0.3, -0.25) is 0 Å². The third-order valence-corrected chi connectivity index (χ3v) is 3.45. The molecule has 0 spiro atoms. The van der Waals surface area contributed by atoms with Gasteiger partial charge in [-0.05, 0) is 31.5 Å². The fourth-order valence-corrected chi connectivity index (χ4v) is 2.37. The summed E-state index contributed by atoms with van der Waals surface area (Å²) in [6, 6.07) is 4.78. The highest BCUT2D eigenvalue weighted by Gasteiger charge is 2.39. The van der Waals surface area contributed by atoms with Crippen molar-refractivity contribution in [1.29, 1.82) is 0 Å². The number of esters is 1. The molecule has 1 heterocycles. The van der Waals surface area contributed by atoms with Crippen molar-refractivity contribution in [3.8, 4) is 0 Å². The first kappa shape index (κ1) is 16.0. The summed E-state index contributed by atoms with van der Waals surface area (Å²) >= 11 is 5.85. The van der Waals surface area contributed by atoms with Gasteiger partial charge in [0.1, 0.15) is 6.04 Å². The molecular formula is C14H14ClN3O4. The topological polar surface area (TPSA) is 88.1 Å². The summed E-state index contributed by atoms with van der Waals surface area (Å²) in [6.07, 6.45) is 0. The fourth-order valence-electron chi connectivity index (χ4n) is 2.24. The second-order valence-electron chi connectivity index (χ2n) is 4.57. The molecule has 0 aliphatic carbocycles. The molecule has 0 saturated carbocycles. The number of nitrogens with zero attached hydrogens (tertiary/aromatic N) is 2. The Kier molecular flexibility index (Phi) is 4.77. The molecule has 2 rings (SSSR count). The molecule has 1 aliphatic heterocycles. The van der Waals surface area contributed by atoms with Crippen LogP contribution in [0.4, 0.5) is 4.79 Å². The SMILES string of the molecule is CCOC(=O)C1=C(C)NC(=O)N(N=O)C1c1ccc(Cl)cc1. The van der Waals surface area contributed by atoms with Gasteiger partial charge in [-0.1, -0.05) is 23.7 Å². The van der Waals surface area contributed by atoms with Crippen molar-refractivity contribution in [1.82, 2.24) is 10.3 Å². The number of allylic oxidation sites excluding steroid dienone is 1. The zero-order chi connectivity index (χ0) is 16.3. The Balaban J connectivity index is 2.56. The number of nitroso groups, excluding NO2 is 1. The van der Waals surface area contributed by atoms with Gasteiger partial charge in [0.15, 0.2) is 0 Å². The van der Waals surface area contributed by atoms with Gasteiger partial charge in [-0.2, -0.15) is 5.01 Å². The second-order valence-corrected chi connectivity index (χ2v) is 5.01. The zero-order valence-corrected chi connectivity index (χ0v) is 12.8. The van der Waals surface area contributed by atoms with Crippen molar-refractivity contribution >= 4 is 23.6 Å². The van der Waals surface area contributed by atoms with Crippen LogP contribution in [0.15, 0.2) is 40.8 Å². The van der Waals surface area contributed by atoms with Gasteiger partial charge in [-0.15, -0.1) is 4.91 Å². The van der Waals surface area contributed by atoms with Crippen LogP contribution in [-0.2, 0) is 9.53 Å². The maximum atomic E-state index is 12.2. The van der Waals surface area contributed by atoms with E-state index in [9.17, 15) is 14.5 Å². The smallest absolute Gasteiger partial charge is 0.345 e. The summed E-state index contributed by atoms with van der Waals surface area (Å²) in [5.41, 5.74) is 1.01. The van der Waals surface area contributed by atoms with Crippen LogP contribution in [0.5, 0.6) is 0 Å². The highest BCUT2D eigenvalue weighted by molar-refractivity contribution is 6.30. The Hall–Kier alpha value is -2.41. The third kappa shape index (κ3) is 2.94. The molecule has 0 aromatic heterocycles. The number of urea groups is 1. The van der Waals surface area contributed by atoms with Crippen molar-refractivity contribution in [3.63, 3.8) is 0 Å². The molecule has 7 nitrogen and oxygen atoms in total. The molecule has 1 atom stereocenters. The van der Waals surface area contributed by atoms with Crippen LogP contribution in [-0.4, -0.2) is 23.6 Å². The minimum atomic E-state index is -0.956. The molecule has 1 N–H and O–H groups in total. The third-order valence-electron chi connectivity index (χ3n) is 3.19. The van der Waals surface area contributed by atoms with Gasteiger partial charge in [0.05, 0.1) is 17.5 Å². The van der Waals surface area contributed by atoms with E-state index in [2.05, 4.69) is 10.6 Å². The highest BCUT2D eigenvalue weighted by Crippen LogP contribution is 2.34. The number of hydrogen-bond donors (Lipinski definition) is 1. The van der Waals surface area contributed by atoms with Crippen molar-refractivity contribution < 1.29 is 14.3 Å². The molecule has 22 heavy (non-hydrogen) atoms. The molecule has 1 aromatic carbocycles. The Bertz CT molecular complexity index is 642. The largest absolute Gasteiger partial charge is 0.463 e. The zero-order valence-electron chi connectivity index (χ0n) is 12.0. The molecule has 1 aromatic rings. The molecule has 0 radical (unpaired) electrons. The summed E-state index contributed by atoms with van der Waals surface area (Å²) < 4.78 is 5.01. The molecule has 2 amide bonds. The summed E-state index contributed by atoms with van der Waals surface area (Å²) in [4.78, 5) is 35.2.